The van der Waals surface area contributed by atoms with E-state index in [9.17, 15) is 4.79 Å². The van der Waals surface area contributed by atoms with Gasteiger partial charge in [0, 0.05) is 25.9 Å². The van der Waals surface area contributed by atoms with Gasteiger partial charge in [-0.25, -0.2) is 4.79 Å². The monoisotopic (exact) mass is 205 g/mol. The Morgan fingerprint density at radius 1 is 1.40 bits per heavy atom. The first-order valence-corrected chi connectivity index (χ1v) is 4.69. The SMILES string of the molecule is Cc1cc(C=CC(=O)O)ccc1N(C)C. The van der Waals surface area contributed by atoms with Crippen LogP contribution in [0.3, 0.4) is 0 Å². The predicted molar refractivity (Wildman–Crippen MR) is 62.2 cm³/mol. The first kappa shape index (κ1) is 11.3. The van der Waals surface area contributed by atoms with Crippen LogP contribution in [-0.4, -0.2) is 25.2 Å². The number of aliphatic carboxylic acids is 1. The standard InChI is InChI=1S/C12H15NO2/c1-9-8-10(5-7-12(14)15)4-6-11(9)13(2)3/h4-8H,1-3H3,(H,14,15). The third kappa shape index (κ3) is 3.13. The summed E-state index contributed by atoms with van der Waals surface area (Å²) in [6.07, 6.45) is 2.74. The molecule has 1 N–H and O–H groups in total. The summed E-state index contributed by atoms with van der Waals surface area (Å²) in [7, 11) is 3.96. The molecule has 0 aliphatic rings. The van der Waals surface area contributed by atoms with E-state index >= 15 is 0 Å². The zero-order valence-electron chi connectivity index (χ0n) is 9.19. The van der Waals surface area contributed by atoms with Gasteiger partial charge in [0.2, 0.25) is 0 Å². The Bertz CT molecular complexity index is 395. The fraction of sp³-hybridized carbons (Fsp3) is 0.250. The van der Waals surface area contributed by atoms with Gasteiger partial charge < -0.3 is 10.0 Å². The van der Waals surface area contributed by atoms with Crippen molar-refractivity contribution in [3.8, 4) is 0 Å². The number of hydrogen-bond acceptors (Lipinski definition) is 2. The lowest BCUT2D eigenvalue weighted by Crippen LogP contribution is -2.09. The molecule has 0 atom stereocenters. The molecular weight excluding hydrogens is 190 g/mol. The Hall–Kier alpha value is -1.77. The molecule has 15 heavy (non-hydrogen) atoms. The Kier molecular flexibility index (Phi) is 3.50. The summed E-state index contributed by atoms with van der Waals surface area (Å²) in [6.45, 7) is 2.01. The van der Waals surface area contributed by atoms with Crippen LogP contribution in [-0.2, 0) is 4.79 Å². The number of rotatable bonds is 3. The van der Waals surface area contributed by atoms with Crippen molar-refractivity contribution in [1.82, 2.24) is 0 Å². The van der Waals surface area contributed by atoms with Crippen molar-refractivity contribution in [3.63, 3.8) is 0 Å². The average molecular weight is 205 g/mol. The molecule has 0 saturated heterocycles. The Labute approximate surface area is 89.6 Å². The van der Waals surface area contributed by atoms with Crippen molar-refractivity contribution in [2.75, 3.05) is 19.0 Å². The number of carboxylic acids is 1. The highest BCUT2D eigenvalue weighted by Crippen LogP contribution is 2.19. The van der Waals surface area contributed by atoms with Crippen LogP contribution in [0.5, 0.6) is 0 Å². The molecule has 0 heterocycles. The summed E-state index contributed by atoms with van der Waals surface area (Å²) in [4.78, 5) is 12.4. The lowest BCUT2D eigenvalue weighted by molar-refractivity contribution is -0.131. The minimum atomic E-state index is -0.927. The molecule has 0 radical (unpaired) electrons. The van der Waals surface area contributed by atoms with E-state index < -0.39 is 5.97 Å². The van der Waals surface area contributed by atoms with Crippen molar-refractivity contribution in [2.45, 2.75) is 6.92 Å². The summed E-state index contributed by atoms with van der Waals surface area (Å²) >= 11 is 0. The minimum absolute atomic E-state index is 0.903. The van der Waals surface area contributed by atoms with Crippen LogP contribution in [0.25, 0.3) is 6.08 Å². The quantitative estimate of drug-likeness (QED) is 0.769. The number of aryl methyl sites for hydroxylation is 1. The third-order valence-corrected chi connectivity index (χ3v) is 2.12. The summed E-state index contributed by atoms with van der Waals surface area (Å²) in [5.74, 6) is -0.927. The van der Waals surface area contributed by atoms with Crippen LogP contribution in [0.4, 0.5) is 5.69 Å². The van der Waals surface area contributed by atoms with Crippen LogP contribution in [0.2, 0.25) is 0 Å². The van der Waals surface area contributed by atoms with Crippen molar-refractivity contribution < 1.29 is 9.90 Å². The molecule has 0 aliphatic heterocycles. The Morgan fingerprint density at radius 3 is 2.53 bits per heavy atom. The number of benzene rings is 1. The van der Waals surface area contributed by atoms with E-state index in [1.165, 1.54) is 0 Å². The van der Waals surface area contributed by atoms with Crippen LogP contribution >= 0.6 is 0 Å². The van der Waals surface area contributed by atoms with Gasteiger partial charge in [-0.1, -0.05) is 6.07 Å². The van der Waals surface area contributed by atoms with E-state index in [0.29, 0.717) is 0 Å². The van der Waals surface area contributed by atoms with Gasteiger partial charge in [-0.3, -0.25) is 0 Å². The van der Waals surface area contributed by atoms with Crippen LogP contribution in [0, 0.1) is 6.92 Å². The lowest BCUT2D eigenvalue weighted by atomic mass is 10.1. The maximum absolute atomic E-state index is 10.3. The first-order valence-electron chi connectivity index (χ1n) is 4.69. The average Bonchev–Trinajstić information content (AvgIpc) is 2.14. The van der Waals surface area contributed by atoms with E-state index in [2.05, 4.69) is 0 Å². The van der Waals surface area contributed by atoms with Crippen molar-refractivity contribution in [3.05, 3.63) is 35.4 Å². The van der Waals surface area contributed by atoms with Gasteiger partial charge in [0.15, 0.2) is 0 Å². The smallest absolute Gasteiger partial charge is 0.328 e. The topological polar surface area (TPSA) is 40.5 Å². The van der Waals surface area contributed by atoms with Gasteiger partial charge in [-0.15, -0.1) is 0 Å². The molecule has 0 fully saturated rings. The van der Waals surface area contributed by atoms with Crippen molar-refractivity contribution in [1.29, 1.82) is 0 Å². The second-order valence-electron chi connectivity index (χ2n) is 3.61. The van der Waals surface area contributed by atoms with E-state index in [1.807, 2.05) is 44.1 Å². The highest BCUT2D eigenvalue weighted by Gasteiger charge is 2.00. The normalized spacial score (nSPS) is 10.6. The summed E-state index contributed by atoms with van der Waals surface area (Å²) < 4.78 is 0. The number of anilines is 1. The molecule has 0 bridgehead atoms. The zero-order chi connectivity index (χ0) is 11.4. The highest BCUT2D eigenvalue weighted by atomic mass is 16.4. The van der Waals surface area contributed by atoms with Gasteiger partial charge in [-0.2, -0.15) is 0 Å². The molecule has 0 saturated carbocycles. The van der Waals surface area contributed by atoms with E-state index in [1.54, 1.807) is 6.08 Å². The van der Waals surface area contributed by atoms with Crippen molar-refractivity contribution >= 4 is 17.7 Å². The Balaban J connectivity index is 2.96. The lowest BCUT2D eigenvalue weighted by Gasteiger charge is -2.15. The molecule has 3 heteroatoms. The third-order valence-electron chi connectivity index (χ3n) is 2.12. The van der Waals surface area contributed by atoms with E-state index in [4.69, 9.17) is 5.11 Å². The fourth-order valence-corrected chi connectivity index (χ4v) is 1.45. The minimum Gasteiger partial charge on any atom is -0.478 e. The fourth-order valence-electron chi connectivity index (χ4n) is 1.45. The molecule has 1 aromatic carbocycles. The summed E-state index contributed by atoms with van der Waals surface area (Å²) in [6, 6.07) is 5.85. The molecular formula is C12H15NO2. The highest BCUT2D eigenvalue weighted by molar-refractivity contribution is 5.85. The number of nitrogens with zero attached hydrogens (tertiary/aromatic N) is 1. The van der Waals surface area contributed by atoms with Gasteiger partial charge in [0.1, 0.15) is 0 Å². The number of carboxylic acid groups (broad SMARTS) is 1. The van der Waals surface area contributed by atoms with Crippen molar-refractivity contribution in [2.24, 2.45) is 0 Å². The second kappa shape index (κ2) is 4.64. The molecule has 0 unspecified atom stereocenters. The second-order valence-corrected chi connectivity index (χ2v) is 3.61. The maximum atomic E-state index is 10.3. The largest absolute Gasteiger partial charge is 0.478 e. The van der Waals surface area contributed by atoms with Crippen LogP contribution in [0.15, 0.2) is 24.3 Å². The molecule has 0 aromatic heterocycles. The van der Waals surface area contributed by atoms with Crippen LogP contribution < -0.4 is 4.90 Å². The van der Waals surface area contributed by atoms with E-state index in [0.717, 1.165) is 22.9 Å². The maximum Gasteiger partial charge on any atom is 0.328 e. The molecule has 1 aromatic rings. The van der Waals surface area contributed by atoms with Gasteiger partial charge in [0.05, 0.1) is 0 Å². The molecule has 0 amide bonds. The summed E-state index contributed by atoms with van der Waals surface area (Å²) in [5, 5.41) is 8.49. The van der Waals surface area contributed by atoms with Gasteiger partial charge >= 0.3 is 5.97 Å². The molecule has 3 nitrogen and oxygen atoms in total. The number of hydrogen-bond donors (Lipinski definition) is 1. The van der Waals surface area contributed by atoms with Gasteiger partial charge in [-0.05, 0) is 36.3 Å². The predicted octanol–water partition coefficient (Wildman–Crippen LogP) is 2.16. The molecule has 80 valence electrons. The Morgan fingerprint density at radius 2 is 2.07 bits per heavy atom. The van der Waals surface area contributed by atoms with E-state index in [-0.39, 0.29) is 0 Å². The zero-order valence-corrected chi connectivity index (χ0v) is 9.19. The van der Waals surface area contributed by atoms with Gasteiger partial charge in [0.25, 0.3) is 0 Å². The first-order chi connectivity index (χ1) is 7.00. The molecule has 0 aliphatic carbocycles. The van der Waals surface area contributed by atoms with Crippen LogP contribution in [0.1, 0.15) is 11.1 Å². The number of carbonyl (C=O) groups is 1. The molecule has 0 spiro atoms. The summed E-state index contributed by atoms with van der Waals surface area (Å²) in [5.41, 5.74) is 3.18. The molecule has 1 rings (SSSR count).